The summed E-state index contributed by atoms with van der Waals surface area (Å²) < 4.78 is 13.5. The molecule has 4 nitrogen and oxygen atoms in total. The number of nitrogens with zero attached hydrogens (tertiary/aromatic N) is 2. The first kappa shape index (κ1) is 17.4. The van der Waals surface area contributed by atoms with Crippen LogP contribution in [0.4, 0.5) is 14.9 Å². The predicted molar refractivity (Wildman–Crippen MR) is 98.0 cm³/mol. The van der Waals surface area contributed by atoms with Gasteiger partial charge in [0.05, 0.1) is 6.20 Å². The number of rotatable bonds is 2. The molecule has 2 amide bonds. The molecule has 3 rings (SSSR count). The predicted octanol–water partition coefficient (Wildman–Crippen LogP) is 4.99. The zero-order chi connectivity index (χ0) is 18.0. The first-order valence-corrected chi connectivity index (χ1v) is 8.76. The average molecular weight is 341 g/mol. The van der Waals surface area contributed by atoms with Crippen LogP contribution in [0.1, 0.15) is 38.7 Å². The lowest BCUT2D eigenvalue weighted by Crippen LogP contribution is -2.49. The summed E-state index contributed by atoms with van der Waals surface area (Å²) in [7, 11) is 0. The molecule has 0 aliphatic carbocycles. The van der Waals surface area contributed by atoms with E-state index < -0.39 is 0 Å². The molecular weight excluding hydrogens is 317 g/mol. The van der Waals surface area contributed by atoms with Crippen molar-refractivity contribution in [2.45, 2.75) is 52.1 Å². The van der Waals surface area contributed by atoms with Gasteiger partial charge in [0.1, 0.15) is 5.82 Å². The molecule has 1 saturated heterocycles. The van der Waals surface area contributed by atoms with Gasteiger partial charge in [-0.2, -0.15) is 0 Å². The summed E-state index contributed by atoms with van der Waals surface area (Å²) in [5, 5.41) is 3.00. The Balaban J connectivity index is 1.84. The molecule has 2 heterocycles. The van der Waals surface area contributed by atoms with E-state index in [1.54, 1.807) is 6.20 Å². The first-order chi connectivity index (χ1) is 12.0. The van der Waals surface area contributed by atoms with E-state index in [0.717, 1.165) is 30.4 Å². The lowest BCUT2D eigenvalue weighted by atomic mass is 9.98. The standard InChI is InChI=1S/C20H24FN3O/c1-13-7-8-18(10-19(13)16-9-17(21)12-22-11-16)23-20(25)24-14(2)5-4-6-15(24)3/h7-12,14-15H,4-6H2,1-3H3,(H,23,25)/t14-,15+. The van der Waals surface area contributed by atoms with Crippen LogP contribution in [0, 0.1) is 12.7 Å². The van der Waals surface area contributed by atoms with Crippen molar-refractivity contribution in [1.29, 1.82) is 0 Å². The van der Waals surface area contributed by atoms with Gasteiger partial charge < -0.3 is 10.2 Å². The van der Waals surface area contributed by atoms with Gasteiger partial charge in [-0.25, -0.2) is 9.18 Å². The van der Waals surface area contributed by atoms with Crippen molar-refractivity contribution in [2.75, 3.05) is 5.32 Å². The topological polar surface area (TPSA) is 45.2 Å². The van der Waals surface area contributed by atoms with Crippen molar-refractivity contribution in [1.82, 2.24) is 9.88 Å². The van der Waals surface area contributed by atoms with E-state index in [2.05, 4.69) is 24.1 Å². The number of benzene rings is 1. The monoisotopic (exact) mass is 341 g/mol. The summed E-state index contributed by atoms with van der Waals surface area (Å²) in [5.74, 6) is -0.373. The highest BCUT2D eigenvalue weighted by Gasteiger charge is 2.28. The summed E-state index contributed by atoms with van der Waals surface area (Å²) in [6.07, 6.45) is 6.04. The number of anilines is 1. The van der Waals surface area contributed by atoms with Crippen molar-refractivity contribution in [3.05, 3.63) is 48.0 Å². The molecule has 2 aromatic rings. The third kappa shape index (κ3) is 3.81. The van der Waals surface area contributed by atoms with Crippen LogP contribution in [0.25, 0.3) is 11.1 Å². The summed E-state index contributed by atoms with van der Waals surface area (Å²) in [6, 6.07) is 7.54. The lowest BCUT2D eigenvalue weighted by Gasteiger charge is -2.38. The third-order valence-electron chi connectivity index (χ3n) is 4.93. The van der Waals surface area contributed by atoms with Gasteiger partial charge >= 0.3 is 6.03 Å². The van der Waals surface area contributed by atoms with Crippen molar-refractivity contribution in [3.63, 3.8) is 0 Å². The highest BCUT2D eigenvalue weighted by molar-refractivity contribution is 5.91. The minimum atomic E-state index is -0.373. The van der Waals surface area contributed by atoms with Crippen LogP contribution in [-0.4, -0.2) is 28.0 Å². The SMILES string of the molecule is Cc1ccc(NC(=O)N2[C@H](C)CCC[C@@H]2C)cc1-c1cncc(F)c1. The Morgan fingerprint density at radius 2 is 1.92 bits per heavy atom. The Hall–Kier alpha value is -2.43. The molecule has 5 heteroatoms. The molecule has 0 saturated carbocycles. The Morgan fingerprint density at radius 3 is 2.60 bits per heavy atom. The van der Waals surface area contributed by atoms with Gasteiger partial charge in [0.25, 0.3) is 0 Å². The zero-order valence-electron chi connectivity index (χ0n) is 14.9. The highest BCUT2D eigenvalue weighted by atomic mass is 19.1. The maximum Gasteiger partial charge on any atom is 0.322 e. The van der Waals surface area contributed by atoms with Gasteiger partial charge in [0, 0.05) is 29.5 Å². The average Bonchev–Trinajstić information content (AvgIpc) is 2.56. The van der Waals surface area contributed by atoms with Crippen LogP contribution < -0.4 is 5.32 Å². The maximum atomic E-state index is 13.5. The van der Waals surface area contributed by atoms with Gasteiger partial charge in [0.15, 0.2) is 0 Å². The number of aromatic nitrogens is 1. The van der Waals surface area contributed by atoms with Crippen LogP contribution in [-0.2, 0) is 0 Å². The number of pyridine rings is 1. The minimum Gasteiger partial charge on any atom is -0.319 e. The van der Waals surface area contributed by atoms with Crippen LogP contribution in [0.3, 0.4) is 0 Å². The van der Waals surface area contributed by atoms with E-state index >= 15 is 0 Å². The number of hydrogen-bond acceptors (Lipinski definition) is 2. The lowest BCUT2D eigenvalue weighted by molar-refractivity contribution is 0.133. The second-order valence-electron chi connectivity index (χ2n) is 6.89. The Kier molecular flexibility index (Phi) is 5.02. The van der Waals surface area contributed by atoms with Crippen molar-refractivity contribution in [3.8, 4) is 11.1 Å². The number of nitrogens with one attached hydrogen (secondary N) is 1. The van der Waals surface area contributed by atoms with Gasteiger partial charge in [-0.3, -0.25) is 4.98 Å². The van der Waals surface area contributed by atoms with Crippen molar-refractivity contribution < 1.29 is 9.18 Å². The molecule has 0 bridgehead atoms. The summed E-state index contributed by atoms with van der Waals surface area (Å²) in [4.78, 5) is 18.6. The smallest absolute Gasteiger partial charge is 0.319 e. The van der Waals surface area contributed by atoms with Crippen LogP contribution in [0.5, 0.6) is 0 Å². The van der Waals surface area contributed by atoms with E-state index in [-0.39, 0.29) is 23.9 Å². The van der Waals surface area contributed by atoms with Gasteiger partial charge in [0.2, 0.25) is 0 Å². The molecule has 0 spiro atoms. The number of halogens is 1. The van der Waals surface area contributed by atoms with E-state index in [1.807, 2.05) is 30.0 Å². The molecule has 2 atom stereocenters. The molecule has 1 aliphatic heterocycles. The molecule has 1 aliphatic rings. The molecular formula is C20H24FN3O. The minimum absolute atomic E-state index is 0.0770. The Bertz CT molecular complexity index is 767. The van der Waals surface area contributed by atoms with E-state index in [9.17, 15) is 9.18 Å². The first-order valence-electron chi connectivity index (χ1n) is 8.76. The number of amides is 2. The van der Waals surface area contributed by atoms with Gasteiger partial charge in [-0.1, -0.05) is 6.07 Å². The number of piperidine rings is 1. The van der Waals surface area contributed by atoms with Crippen LogP contribution >= 0.6 is 0 Å². The Morgan fingerprint density at radius 1 is 1.20 bits per heavy atom. The van der Waals surface area contributed by atoms with Gasteiger partial charge in [-0.15, -0.1) is 0 Å². The van der Waals surface area contributed by atoms with Crippen molar-refractivity contribution >= 4 is 11.7 Å². The number of carbonyl (C=O) groups is 1. The number of carbonyl (C=O) groups excluding carboxylic acids is 1. The second-order valence-corrected chi connectivity index (χ2v) is 6.89. The van der Waals surface area contributed by atoms with Gasteiger partial charge in [-0.05, 0) is 69.4 Å². The Labute approximate surface area is 148 Å². The molecule has 25 heavy (non-hydrogen) atoms. The fraction of sp³-hybridized carbons (Fsp3) is 0.400. The van der Waals surface area contributed by atoms with Crippen LogP contribution in [0.15, 0.2) is 36.7 Å². The highest BCUT2D eigenvalue weighted by Crippen LogP contribution is 2.28. The molecule has 1 aromatic heterocycles. The van der Waals surface area contributed by atoms with Crippen LogP contribution in [0.2, 0.25) is 0 Å². The largest absolute Gasteiger partial charge is 0.322 e. The number of likely N-dealkylation sites (tertiary alicyclic amines) is 1. The van der Waals surface area contributed by atoms with Crippen molar-refractivity contribution in [2.24, 2.45) is 0 Å². The fourth-order valence-corrected chi connectivity index (χ4v) is 3.58. The molecule has 0 radical (unpaired) electrons. The summed E-state index contributed by atoms with van der Waals surface area (Å²) >= 11 is 0. The molecule has 1 N–H and O–H groups in total. The number of aryl methyl sites for hydroxylation is 1. The fourth-order valence-electron chi connectivity index (χ4n) is 3.58. The zero-order valence-corrected chi connectivity index (χ0v) is 14.9. The maximum absolute atomic E-state index is 13.5. The molecule has 132 valence electrons. The third-order valence-corrected chi connectivity index (χ3v) is 4.93. The molecule has 1 fully saturated rings. The van der Waals surface area contributed by atoms with E-state index in [4.69, 9.17) is 0 Å². The summed E-state index contributed by atoms with van der Waals surface area (Å²) in [6.45, 7) is 6.14. The number of hydrogen-bond donors (Lipinski definition) is 1. The number of urea groups is 1. The quantitative estimate of drug-likeness (QED) is 0.836. The van der Waals surface area contributed by atoms with E-state index in [0.29, 0.717) is 11.3 Å². The second kappa shape index (κ2) is 7.21. The summed E-state index contributed by atoms with van der Waals surface area (Å²) in [5.41, 5.74) is 3.28. The molecule has 0 unspecified atom stereocenters. The van der Waals surface area contributed by atoms with E-state index in [1.165, 1.54) is 12.3 Å². The normalized spacial score (nSPS) is 20.4. The molecule has 1 aromatic carbocycles.